The number of nitrogens with one attached hydrogen (secondary N) is 2. The minimum Gasteiger partial charge on any atom is -0.379 e. The molecule has 1 atom stereocenters. The normalized spacial score (nSPS) is 17.0. The number of guanidine groups is 1. The quantitative estimate of drug-likeness (QED) is 0.531. The zero-order chi connectivity index (χ0) is 21.4. The molecule has 0 radical (unpaired) electrons. The number of alkyl halides is 3. The number of hydrogen-bond acceptors (Lipinski definition) is 3. The summed E-state index contributed by atoms with van der Waals surface area (Å²) in [4.78, 5) is 6.49. The van der Waals surface area contributed by atoms with E-state index in [4.69, 9.17) is 4.74 Å². The highest BCUT2D eigenvalue weighted by molar-refractivity contribution is 5.79. The highest BCUT2D eigenvalue weighted by Gasteiger charge is 2.31. The van der Waals surface area contributed by atoms with Crippen LogP contribution in [-0.2, 0) is 17.5 Å². The highest BCUT2D eigenvalue weighted by atomic mass is 19.4. The first kappa shape index (κ1) is 22.2. The number of morpholine rings is 1. The topological polar surface area (TPSA) is 53.8 Å². The molecule has 6 nitrogen and oxygen atoms in total. The summed E-state index contributed by atoms with van der Waals surface area (Å²) < 4.78 is 46.3. The Bertz CT molecular complexity index is 784. The minimum absolute atomic E-state index is 0.0841. The molecule has 0 saturated carbocycles. The zero-order valence-electron chi connectivity index (χ0n) is 17.0. The van der Waals surface area contributed by atoms with Crippen LogP contribution < -0.4 is 10.6 Å². The lowest BCUT2D eigenvalue weighted by Gasteiger charge is -2.35. The lowest BCUT2D eigenvalue weighted by molar-refractivity contribution is -0.137. The summed E-state index contributed by atoms with van der Waals surface area (Å²) in [5.41, 5.74) is 0.197. The third-order valence-electron chi connectivity index (χ3n) is 5.12. The molecule has 1 saturated heterocycles. The van der Waals surface area contributed by atoms with E-state index in [0.29, 0.717) is 32.3 Å². The van der Waals surface area contributed by atoms with Gasteiger partial charge in [-0.05, 0) is 29.8 Å². The second kappa shape index (κ2) is 10.5. The maximum Gasteiger partial charge on any atom is 0.416 e. The van der Waals surface area contributed by atoms with E-state index in [9.17, 15) is 13.2 Å². The first-order valence-electron chi connectivity index (χ1n) is 10.0. The van der Waals surface area contributed by atoms with Gasteiger partial charge in [0.25, 0.3) is 0 Å². The molecule has 164 valence electrons. The van der Waals surface area contributed by atoms with Crippen molar-refractivity contribution >= 4 is 5.96 Å². The molecule has 2 heterocycles. The van der Waals surface area contributed by atoms with Crippen LogP contribution in [0.25, 0.3) is 0 Å². The van der Waals surface area contributed by atoms with E-state index in [0.717, 1.165) is 37.3 Å². The number of rotatable bonds is 7. The largest absolute Gasteiger partial charge is 0.416 e. The Kier molecular flexibility index (Phi) is 7.75. The van der Waals surface area contributed by atoms with Crippen molar-refractivity contribution in [3.63, 3.8) is 0 Å². The summed E-state index contributed by atoms with van der Waals surface area (Å²) >= 11 is 0. The minimum atomic E-state index is -4.34. The smallest absolute Gasteiger partial charge is 0.379 e. The fourth-order valence-electron chi connectivity index (χ4n) is 3.48. The lowest BCUT2D eigenvalue weighted by atomic mass is 10.0. The summed E-state index contributed by atoms with van der Waals surface area (Å²) in [6.07, 6.45) is -0.342. The first-order valence-corrected chi connectivity index (χ1v) is 10.0. The van der Waals surface area contributed by atoms with Crippen LogP contribution in [0, 0.1) is 0 Å². The van der Waals surface area contributed by atoms with Gasteiger partial charge in [0, 0.05) is 52.2 Å². The van der Waals surface area contributed by atoms with Gasteiger partial charge in [-0.25, -0.2) is 0 Å². The Morgan fingerprint density at radius 1 is 1.10 bits per heavy atom. The van der Waals surface area contributed by atoms with Crippen molar-refractivity contribution < 1.29 is 17.9 Å². The summed E-state index contributed by atoms with van der Waals surface area (Å²) in [5, 5.41) is 6.59. The van der Waals surface area contributed by atoms with Crippen molar-refractivity contribution in [3.05, 3.63) is 59.9 Å². The van der Waals surface area contributed by atoms with Crippen LogP contribution in [0.3, 0.4) is 0 Å². The van der Waals surface area contributed by atoms with Crippen LogP contribution >= 0.6 is 0 Å². The van der Waals surface area contributed by atoms with Gasteiger partial charge in [-0.1, -0.05) is 12.1 Å². The Labute approximate surface area is 174 Å². The molecule has 0 spiro atoms. The second-order valence-corrected chi connectivity index (χ2v) is 7.08. The first-order chi connectivity index (χ1) is 14.5. The molecular weight excluding hydrogens is 395 g/mol. The third kappa shape index (κ3) is 6.24. The van der Waals surface area contributed by atoms with E-state index >= 15 is 0 Å². The number of nitrogens with zero attached hydrogens (tertiary/aromatic N) is 3. The molecule has 1 fully saturated rings. The molecule has 0 amide bonds. The zero-order valence-corrected chi connectivity index (χ0v) is 17.0. The fraction of sp³-hybridized carbons (Fsp3) is 0.476. The van der Waals surface area contributed by atoms with Crippen LogP contribution in [0.5, 0.6) is 0 Å². The fourth-order valence-corrected chi connectivity index (χ4v) is 3.48. The standard InChI is InChI=1S/C21H28F3N5O/c1-25-20(26-8-11-28-9-2-3-10-28)27-16-19(29-12-14-30-15-13-29)17-4-6-18(7-5-17)21(22,23)24/h2-7,9-10,19H,8,11-16H2,1H3,(H2,25,26,27). The number of halogens is 3. The number of benzene rings is 1. The summed E-state index contributed by atoms with van der Waals surface area (Å²) in [5.74, 6) is 0.660. The monoisotopic (exact) mass is 423 g/mol. The van der Waals surface area contributed by atoms with Gasteiger partial charge in [0.15, 0.2) is 5.96 Å². The summed E-state index contributed by atoms with van der Waals surface area (Å²) in [6, 6.07) is 9.28. The second-order valence-electron chi connectivity index (χ2n) is 7.08. The Hall–Kier alpha value is -2.52. The maximum atomic E-state index is 12.9. The van der Waals surface area contributed by atoms with Crippen molar-refractivity contribution in [2.75, 3.05) is 46.4 Å². The molecule has 1 aliphatic rings. The van der Waals surface area contributed by atoms with Crippen LogP contribution in [0.15, 0.2) is 53.8 Å². The lowest BCUT2D eigenvalue weighted by Crippen LogP contribution is -2.46. The average Bonchev–Trinajstić information content (AvgIpc) is 3.26. The molecule has 3 rings (SSSR count). The van der Waals surface area contributed by atoms with Crippen molar-refractivity contribution in [2.45, 2.75) is 18.8 Å². The van der Waals surface area contributed by atoms with Gasteiger partial charge < -0.3 is 19.9 Å². The van der Waals surface area contributed by atoms with Crippen LogP contribution in [0.2, 0.25) is 0 Å². The number of aromatic nitrogens is 1. The number of hydrogen-bond donors (Lipinski definition) is 2. The molecule has 0 bridgehead atoms. The van der Waals surface area contributed by atoms with Crippen LogP contribution in [0.4, 0.5) is 13.2 Å². The van der Waals surface area contributed by atoms with Gasteiger partial charge in [-0.3, -0.25) is 9.89 Å². The summed E-state index contributed by atoms with van der Waals surface area (Å²) in [6.45, 7) is 4.72. The Morgan fingerprint density at radius 3 is 2.37 bits per heavy atom. The summed E-state index contributed by atoms with van der Waals surface area (Å²) in [7, 11) is 1.70. The predicted molar refractivity (Wildman–Crippen MR) is 110 cm³/mol. The van der Waals surface area contributed by atoms with Gasteiger partial charge in [-0.15, -0.1) is 0 Å². The molecule has 0 aliphatic carbocycles. The van der Waals surface area contributed by atoms with Crippen molar-refractivity contribution in [3.8, 4) is 0 Å². The van der Waals surface area contributed by atoms with Gasteiger partial charge >= 0.3 is 6.18 Å². The molecule has 1 aromatic heterocycles. The van der Waals surface area contributed by atoms with Crippen molar-refractivity contribution in [2.24, 2.45) is 4.99 Å². The molecule has 30 heavy (non-hydrogen) atoms. The highest BCUT2D eigenvalue weighted by Crippen LogP contribution is 2.31. The molecule has 2 aromatic rings. The van der Waals surface area contributed by atoms with Crippen molar-refractivity contribution in [1.82, 2.24) is 20.1 Å². The van der Waals surface area contributed by atoms with Gasteiger partial charge in [0.1, 0.15) is 0 Å². The average molecular weight is 423 g/mol. The number of aliphatic imine (C=N–C) groups is 1. The maximum absolute atomic E-state index is 12.9. The van der Waals surface area contributed by atoms with Gasteiger partial charge in [-0.2, -0.15) is 13.2 Å². The van der Waals surface area contributed by atoms with Crippen LogP contribution in [0.1, 0.15) is 17.2 Å². The van der Waals surface area contributed by atoms with E-state index < -0.39 is 11.7 Å². The predicted octanol–water partition coefficient (Wildman–Crippen LogP) is 2.75. The van der Waals surface area contributed by atoms with E-state index in [2.05, 4.69) is 25.1 Å². The molecule has 2 N–H and O–H groups in total. The Balaban J connectivity index is 1.63. The molecule has 1 aliphatic heterocycles. The van der Waals surface area contributed by atoms with E-state index in [1.807, 2.05) is 24.5 Å². The molecule has 1 unspecified atom stereocenters. The third-order valence-corrected chi connectivity index (χ3v) is 5.12. The number of ether oxygens (including phenoxy) is 1. The van der Waals surface area contributed by atoms with Gasteiger partial charge in [0.05, 0.1) is 24.8 Å². The van der Waals surface area contributed by atoms with Crippen LogP contribution in [-0.4, -0.2) is 61.9 Å². The van der Waals surface area contributed by atoms with E-state index in [1.54, 1.807) is 19.2 Å². The molecule has 9 heteroatoms. The SMILES string of the molecule is CN=C(NCCn1cccc1)NCC(c1ccc(C(F)(F)F)cc1)N1CCOCC1. The molecular formula is C21H28F3N5O. The van der Waals surface area contributed by atoms with E-state index in [1.165, 1.54) is 0 Å². The van der Waals surface area contributed by atoms with Gasteiger partial charge in [0.2, 0.25) is 0 Å². The van der Waals surface area contributed by atoms with E-state index in [-0.39, 0.29) is 6.04 Å². The van der Waals surface area contributed by atoms with Crippen molar-refractivity contribution in [1.29, 1.82) is 0 Å². The Morgan fingerprint density at radius 2 is 1.77 bits per heavy atom. The molecule has 1 aromatic carbocycles.